The summed E-state index contributed by atoms with van der Waals surface area (Å²) in [6, 6.07) is 6.36. The Bertz CT molecular complexity index is 590. The average molecular weight is 364 g/mol. The van der Waals surface area contributed by atoms with Gasteiger partial charge in [-0.2, -0.15) is 0 Å². The first kappa shape index (κ1) is 20.4. The van der Waals surface area contributed by atoms with E-state index in [-0.39, 0.29) is 6.29 Å². The molecule has 144 valence electrons. The molecule has 0 radical (unpaired) electrons. The molecule has 1 saturated heterocycles. The van der Waals surface area contributed by atoms with Gasteiger partial charge in [-0.25, -0.2) is 9.59 Å². The fraction of sp³-hybridized carbons (Fsp3) is 0.600. The number of esters is 2. The van der Waals surface area contributed by atoms with Crippen LogP contribution in [0.4, 0.5) is 0 Å². The Morgan fingerprint density at radius 3 is 2.42 bits per heavy atom. The zero-order valence-electron chi connectivity index (χ0n) is 15.7. The molecule has 1 heterocycles. The van der Waals surface area contributed by atoms with Crippen LogP contribution in [0.3, 0.4) is 0 Å². The largest absolute Gasteiger partial charge is 0.462 e. The van der Waals surface area contributed by atoms with Crippen molar-refractivity contribution in [1.29, 1.82) is 0 Å². The second-order valence-corrected chi connectivity index (χ2v) is 6.81. The van der Waals surface area contributed by atoms with Gasteiger partial charge in [-0.1, -0.05) is 33.3 Å². The van der Waals surface area contributed by atoms with Gasteiger partial charge in [-0.3, -0.25) is 0 Å². The minimum Gasteiger partial charge on any atom is -0.462 e. The lowest BCUT2D eigenvalue weighted by Gasteiger charge is -2.28. The normalized spacial score (nSPS) is 20.0. The van der Waals surface area contributed by atoms with Crippen molar-refractivity contribution >= 4 is 11.9 Å². The molecule has 6 heteroatoms. The smallest absolute Gasteiger partial charge is 0.338 e. The van der Waals surface area contributed by atoms with Gasteiger partial charge in [0, 0.05) is 0 Å². The molecule has 2 rings (SSSR count). The third kappa shape index (κ3) is 6.42. The molecule has 0 amide bonds. The maximum absolute atomic E-state index is 12.3. The van der Waals surface area contributed by atoms with Crippen LogP contribution in [0.1, 0.15) is 60.7 Å². The van der Waals surface area contributed by atoms with Gasteiger partial charge in [0.15, 0.2) is 6.29 Å². The van der Waals surface area contributed by atoms with E-state index in [2.05, 4.69) is 20.8 Å². The van der Waals surface area contributed by atoms with Crippen LogP contribution in [0.15, 0.2) is 24.3 Å². The molecule has 6 nitrogen and oxygen atoms in total. The first-order chi connectivity index (χ1) is 12.5. The monoisotopic (exact) mass is 364 g/mol. The molecule has 26 heavy (non-hydrogen) atoms. The van der Waals surface area contributed by atoms with Gasteiger partial charge in [-0.05, 0) is 37.0 Å². The molecule has 1 aliphatic rings. The number of rotatable bonds is 8. The van der Waals surface area contributed by atoms with Gasteiger partial charge >= 0.3 is 11.9 Å². The van der Waals surface area contributed by atoms with Crippen molar-refractivity contribution in [2.24, 2.45) is 5.92 Å². The highest BCUT2D eigenvalue weighted by Crippen LogP contribution is 2.15. The predicted octanol–water partition coefficient (Wildman–Crippen LogP) is 3.59. The van der Waals surface area contributed by atoms with Crippen LogP contribution in [0.5, 0.6) is 0 Å². The Hall–Kier alpha value is -1.92. The summed E-state index contributed by atoms with van der Waals surface area (Å²) in [6.07, 6.45) is 1.92. The first-order valence-electron chi connectivity index (χ1n) is 9.21. The summed E-state index contributed by atoms with van der Waals surface area (Å²) in [7, 11) is 0. The van der Waals surface area contributed by atoms with Crippen LogP contribution in [0.2, 0.25) is 0 Å². The molecule has 0 N–H and O–H groups in total. The lowest BCUT2D eigenvalue weighted by Crippen LogP contribution is -2.38. The molecule has 0 unspecified atom stereocenters. The summed E-state index contributed by atoms with van der Waals surface area (Å²) < 4.78 is 21.7. The summed E-state index contributed by atoms with van der Waals surface area (Å²) in [6.45, 7) is 7.17. The summed E-state index contributed by atoms with van der Waals surface area (Å²) >= 11 is 0. The molecule has 1 fully saturated rings. The number of hydrogen-bond donors (Lipinski definition) is 0. The van der Waals surface area contributed by atoms with Gasteiger partial charge in [0.05, 0.1) is 30.9 Å². The molecule has 1 aliphatic heterocycles. The molecule has 0 saturated carbocycles. The third-order valence-corrected chi connectivity index (χ3v) is 4.00. The highest BCUT2D eigenvalue weighted by atomic mass is 16.7. The van der Waals surface area contributed by atoms with Crippen LogP contribution >= 0.6 is 0 Å². The predicted molar refractivity (Wildman–Crippen MR) is 96.0 cm³/mol. The van der Waals surface area contributed by atoms with E-state index >= 15 is 0 Å². The molecular weight excluding hydrogens is 336 g/mol. The maximum Gasteiger partial charge on any atom is 0.338 e. The van der Waals surface area contributed by atoms with Gasteiger partial charge in [0.1, 0.15) is 6.10 Å². The highest BCUT2D eigenvalue weighted by molar-refractivity contribution is 5.95. The molecule has 1 aromatic rings. The average Bonchev–Trinajstić information content (AvgIpc) is 2.63. The molecule has 0 spiro atoms. The fourth-order valence-corrected chi connectivity index (χ4v) is 2.46. The van der Waals surface area contributed by atoms with Gasteiger partial charge in [0.25, 0.3) is 0 Å². The molecule has 0 aliphatic carbocycles. The van der Waals surface area contributed by atoms with Crippen molar-refractivity contribution in [3.05, 3.63) is 35.4 Å². The standard InChI is InChI=1S/C20H28O6/c1-4-6-18-24-12-17(13-25-18)26-20(22)16-8-5-7-15(11-16)19(21)23-10-9-14(2)3/h5,7-8,11,14,17-18H,4,6,9-10,12-13H2,1-3H3. The lowest BCUT2D eigenvalue weighted by atomic mass is 10.1. The number of carbonyl (C=O) groups excluding carboxylic acids is 2. The quantitative estimate of drug-likeness (QED) is 0.657. The summed E-state index contributed by atoms with van der Waals surface area (Å²) in [5, 5.41) is 0. The van der Waals surface area contributed by atoms with Crippen LogP contribution in [-0.2, 0) is 18.9 Å². The second kappa shape index (κ2) is 10.3. The van der Waals surface area contributed by atoms with E-state index in [0.717, 1.165) is 19.3 Å². The minimum atomic E-state index is -0.507. The van der Waals surface area contributed by atoms with E-state index in [1.165, 1.54) is 6.07 Å². The number of hydrogen-bond acceptors (Lipinski definition) is 6. The van der Waals surface area contributed by atoms with E-state index < -0.39 is 18.0 Å². The fourth-order valence-electron chi connectivity index (χ4n) is 2.46. The van der Waals surface area contributed by atoms with Crippen LogP contribution < -0.4 is 0 Å². The van der Waals surface area contributed by atoms with E-state index in [1.807, 2.05) is 0 Å². The second-order valence-electron chi connectivity index (χ2n) is 6.81. The van der Waals surface area contributed by atoms with Gasteiger partial charge in [0.2, 0.25) is 0 Å². The van der Waals surface area contributed by atoms with Crippen molar-refractivity contribution in [1.82, 2.24) is 0 Å². The topological polar surface area (TPSA) is 71.1 Å². The van der Waals surface area contributed by atoms with E-state index in [4.69, 9.17) is 18.9 Å². The van der Waals surface area contributed by atoms with Crippen molar-refractivity contribution in [2.75, 3.05) is 19.8 Å². The number of carbonyl (C=O) groups is 2. The molecule has 1 aromatic carbocycles. The van der Waals surface area contributed by atoms with E-state index in [9.17, 15) is 9.59 Å². The Morgan fingerprint density at radius 2 is 1.81 bits per heavy atom. The third-order valence-electron chi connectivity index (χ3n) is 4.00. The Morgan fingerprint density at radius 1 is 1.15 bits per heavy atom. The van der Waals surface area contributed by atoms with Gasteiger partial charge < -0.3 is 18.9 Å². The summed E-state index contributed by atoms with van der Waals surface area (Å²) in [5.74, 6) is -0.485. The summed E-state index contributed by atoms with van der Waals surface area (Å²) in [5.41, 5.74) is 0.640. The maximum atomic E-state index is 12.3. The van der Waals surface area contributed by atoms with Crippen LogP contribution in [0.25, 0.3) is 0 Å². The lowest BCUT2D eigenvalue weighted by molar-refractivity contribution is -0.218. The minimum absolute atomic E-state index is 0.223. The highest BCUT2D eigenvalue weighted by Gasteiger charge is 2.25. The van der Waals surface area contributed by atoms with E-state index in [1.54, 1.807) is 18.2 Å². The first-order valence-corrected chi connectivity index (χ1v) is 9.21. The van der Waals surface area contributed by atoms with E-state index in [0.29, 0.717) is 36.9 Å². The van der Waals surface area contributed by atoms with Crippen molar-refractivity contribution < 1.29 is 28.5 Å². The number of ether oxygens (including phenoxy) is 4. The van der Waals surface area contributed by atoms with Gasteiger partial charge in [-0.15, -0.1) is 0 Å². The van der Waals surface area contributed by atoms with Crippen molar-refractivity contribution in [3.8, 4) is 0 Å². The molecular formula is C20H28O6. The van der Waals surface area contributed by atoms with Crippen molar-refractivity contribution in [2.45, 2.75) is 52.4 Å². The number of benzene rings is 1. The SMILES string of the molecule is CCCC1OCC(OC(=O)c2cccc(C(=O)OCCC(C)C)c2)CO1. The zero-order chi connectivity index (χ0) is 18.9. The van der Waals surface area contributed by atoms with Crippen molar-refractivity contribution in [3.63, 3.8) is 0 Å². The van der Waals surface area contributed by atoms with Crippen LogP contribution in [0, 0.1) is 5.92 Å². The Labute approximate surface area is 154 Å². The zero-order valence-corrected chi connectivity index (χ0v) is 15.7. The molecule has 0 bridgehead atoms. The Balaban J connectivity index is 1.86. The summed E-state index contributed by atoms with van der Waals surface area (Å²) in [4.78, 5) is 24.4. The Kier molecular flexibility index (Phi) is 8.06. The van der Waals surface area contributed by atoms with Crippen LogP contribution in [-0.4, -0.2) is 44.2 Å². The molecule has 0 aromatic heterocycles. The molecule has 0 atom stereocenters.